The summed E-state index contributed by atoms with van der Waals surface area (Å²) in [4.78, 5) is 27.7. The smallest absolute Gasteiger partial charge is 0.355 e. The number of nitriles is 1. The summed E-state index contributed by atoms with van der Waals surface area (Å²) in [5.74, 6) is -3.42. The van der Waals surface area contributed by atoms with E-state index in [0.29, 0.717) is 10.5 Å². The van der Waals surface area contributed by atoms with E-state index in [1.165, 1.54) is 4.90 Å². The van der Waals surface area contributed by atoms with Crippen molar-refractivity contribution in [2.45, 2.75) is 17.2 Å². The zero-order valence-electron chi connectivity index (χ0n) is 18.3. The van der Waals surface area contributed by atoms with Crippen LogP contribution < -0.4 is 10.6 Å². The van der Waals surface area contributed by atoms with Crippen LogP contribution in [0.1, 0.15) is 11.5 Å². The first-order valence-corrected chi connectivity index (χ1v) is 11.0. The molecule has 176 valence electrons. The maximum Gasteiger partial charge on any atom is 0.355 e. The van der Waals surface area contributed by atoms with Crippen molar-refractivity contribution in [1.29, 1.82) is 5.26 Å². The second-order valence-electron chi connectivity index (χ2n) is 7.01. The molecule has 1 atom stereocenters. The van der Waals surface area contributed by atoms with E-state index in [2.05, 4.69) is 6.07 Å². The highest BCUT2D eigenvalue weighted by Crippen LogP contribution is 2.45. The summed E-state index contributed by atoms with van der Waals surface area (Å²) in [6.07, 6.45) is -2.58. The highest BCUT2D eigenvalue weighted by molar-refractivity contribution is 7.99. The standard InChI is InChI=1S/C24H21F2N3O4S/c1-32-23(30)20-19(14-8-4-3-5-9-14)15(12-27)22(28)29(21(20)24(31)33-2)16-10-6-7-11-17(16)34-13-18(25)26/h3-11,18-19H,13,28H2,1-2H3. The number of rotatable bonds is 7. The number of hydrogen-bond acceptors (Lipinski definition) is 8. The maximum atomic E-state index is 13.1. The molecule has 2 N–H and O–H groups in total. The Hall–Kier alpha value is -3.84. The van der Waals surface area contributed by atoms with E-state index in [1.54, 1.807) is 54.6 Å². The van der Waals surface area contributed by atoms with Crippen molar-refractivity contribution in [1.82, 2.24) is 0 Å². The van der Waals surface area contributed by atoms with Crippen LogP contribution in [0.25, 0.3) is 0 Å². The molecule has 0 radical (unpaired) electrons. The summed E-state index contributed by atoms with van der Waals surface area (Å²) < 4.78 is 35.8. The predicted octanol–water partition coefficient (Wildman–Crippen LogP) is 3.94. The van der Waals surface area contributed by atoms with Crippen LogP contribution in [0.4, 0.5) is 14.5 Å². The molecule has 0 saturated carbocycles. The van der Waals surface area contributed by atoms with Gasteiger partial charge in [-0.3, -0.25) is 4.90 Å². The van der Waals surface area contributed by atoms with Crippen LogP contribution in [0.15, 0.2) is 82.2 Å². The van der Waals surface area contributed by atoms with Gasteiger partial charge in [0.1, 0.15) is 11.5 Å². The van der Waals surface area contributed by atoms with Gasteiger partial charge in [0.2, 0.25) is 6.43 Å². The summed E-state index contributed by atoms with van der Waals surface area (Å²) in [5.41, 5.74) is 6.79. The molecule has 2 aromatic rings. The Labute approximate surface area is 199 Å². The minimum Gasteiger partial charge on any atom is -0.466 e. The first kappa shape index (κ1) is 24.8. The molecule has 0 amide bonds. The highest BCUT2D eigenvalue weighted by atomic mass is 32.2. The summed E-state index contributed by atoms with van der Waals surface area (Å²) in [5, 5.41) is 10.0. The number of alkyl halides is 2. The minimum absolute atomic E-state index is 0.00656. The number of thioether (sulfide) groups is 1. The lowest BCUT2D eigenvalue weighted by Gasteiger charge is -2.36. The molecular formula is C24H21F2N3O4S. The van der Waals surface area contributed by atoms with Crippen molar-refractivity contribution < 1.29 is 27.8 Å². The van der Waals surface area contributed by atoms with E-state index in [0.717, 1.165) is 26.0 Å². The van der Waals surface area contributed by atoms with Crippen LogP contribution in [0.3, 0.4) is 0 Å². The second kappa shape index (κ2) is 10.9. The van der Waals surface area contributed by atoms with E-state index in [9.17, 15) is 23.6 Å². The van der Waals surface area contributed by atoms with Gasteiger partial charge in [-0.1, -0.05) is 42.5 Å². The number of carbonyl (C=O) groups excluding carboxylic acids is 2. The SMILES string of the molecule is COC(=O)C1=C(C(=O)OC)N(c2ccccc2SCC(F)F)C(N)=C(C#N)C1c1ccccc1. The lowest BCUT2D eigenvalue weighted by Crippen LogP contribution is -2.41. The average Bonchev–Trinajstić information content (AvgIpc) is 2.86. The van der Waals surface area contributed by atoms with Gasteiger partial charge in [0.25, 0.3) is 0 Å². The minimum atomic E-state index is -2.58. The number of anilines is 1. The molecule has 3 rings (SSSR count). The molecule has 0 aromatic heterocycles. The zero-order valence-corrected chi connectivity index (χ0v) is 19.1. The van der Waals surface area contributed by atoms with Gasteiger partial charge < -0.3 is 15.2 Å². The fourth-order valence-corrected chi connectivity index (χ4v) is 4.47. The topological polar surface area (TPSA) is 106 Å². The fraction of sp³-hybridized carbons (Fsp3) is 0.208. The van der Waals surface area contributed by atoms with Crippen LogP contribution in [0, 0.1) is 11.3 Å². The number of allylic oxidation sites excluding steroid dienone is 1. The van der Waals surface area contributed by atoms with Crippen LogP contribution >= 0.6 is 11.8 Å². The molecule has 34 heavy (non-hydrogen) atoms. The number of methoxy groups -OCH3 is 2. The highest BCUT2D eigenvalue weighted by Gasteiger charge is 2.43. The van der Waals surface area contributed by atoms with Crippen LogP contribution in [-0.4, -0.2) is 38.3 Å². The third-order valence-corrected chi connectivity index (χ3v) is 6.16. The van der Waals surface area contributed by atoms with E-state index in [-0.39, 0.29) is 28.4 Å². The largest absolute Gasteiger partial charge is 0.466 e. The predicted molar refractivity (Wildman–Crippen MR) is 123 cm³/mol. The molecule has 10 heteroatoms. The van der Waals surface area contributed by atoms with Gasteiger partial charge in [0, 0.05) is 4.90 Å². The molecule has 1 heterocycles. The molecule has 0 aliphatic carbocycles. The van der Waals surface area contributed by atoms with Crippen molar-refractivity contribution >= 4 is 29.4 Å². The van der Waals surface area contributed by atoms with Gasteiger partial charge in [-0.05, 0) is 17.7 Å². The molecule has 0 saturated heterocycles. The summed E-state index contributed by atoms with van der Waals surface area (Å²) >= 11 is 0.850. The number of nitrogens with zero attached hydrogens (tertiary/aromatic N) is 2. The molecule has 2 aromatic carbocycles. The van der Waals surface area contributed by atoms with Crippen molar-refractivity contribution in [2.24, 2.45) is 5.73 Å². The maximum absolute atomic E-state index is 13.1. The number of esters is 2. The van der Waals surface area contributed by atoms with E-state index in [1.807, 2.05) is 0 Å². The van der Waals surface area contributed by atoms with E-state index >= 15 is 0 Å². The van der Waals surface area contributed by atoms with Gasteiger partial charge in [-0.25, -0.2) is 18.4 Å². The first-order valence-electron chi connectivity index (χ1n) is 10.0. The molecule has 1 aliphatic heterocycles. The molecule has 0 bridgehead atoms. The monoisotopic (exact) mass is 485 g/mol. The molecule has 0 spiro atoms. The number of ether oxygens (including phenoxy) is 2. The molecule has 1 aliphatic rings. The van der Waals surface area contributed by atoms with Crippen LogP contribution in [-0.2, 0) is 19.1 Å². The Morgan fingerprint density at radius 2 is 1.71 bits per heavy atom. The molecule has 1 unspecified atom stereocenters. The molecule has 0 fully saturated rings. The van der Waals surface area contributed by atoms with Crippen molar-refractivity contribution in [3.8, 4) is 6.07 Å². The summed E-state index contributed by atoms with van der Waals surface area (Å²) in [6.45, 7) is 0. The average molecular weight is 486 g/mol. The first-order chi connectivity index (χ1) is 16.3. The summed E-state index contributed by atoms with van der Waals surface area (Å²) in [6, 6.07) is 17.0. The summed E-state index contributed by atoms with van der Waals surface area (Å²) in [7, 11) is 2.29. The fourth-order valence-electron chi connectivity index (χ4n) is 3.68. The normalized spacial score (nSPS) is 15.9. The number of benzene rings is 2. The number of hydrogen-bond donors (Lipinski definition) is 1. The number of nitrogens with two attached hydrogens (primary N) is 1. The molecule has 7 nitrogen and oxygen atoms in total. The second-order valence-corrected chi connectivity index (χ2v) is 8.07. The Kier molecular flexibility index (Phi) is 7.91. The third kappa shape index (κ3) is 4.75. The van der Waals surface area contributed by atoms with Crippen molar-refractivity contribution in [2.75, 3.05) is 24.9 Å². The lowest BCUT2D eigenvalue weighted by atomic mass is 9.81. The number of halogens is 2. The van der Waals surface area contributed by atoms with Crippen molar-refractivity contribution in [3.63, 3.8) is 0 Å². The Bertz CT molecular complexity index is 1190. The third-order valence-electron chi connectivity index (χ3n) is 5.08. The van der Waals surface area contributed by atoms with E-state index < -0.39 is 30.0 Å². The number of carbonyl (C=O) groups is 2. The molecular weight excluding hydrogens is 464 g/mol. The van der Waals surface area contributed by atoms with Crippen LogP contribution in [0.2, 0.25) is 0 Å². The zero-order chi connectivity index (χ0) is 24.8. The van der Waals surface area contributed by atoms with Crippen molar-refractivity contribution in [3.05, 3.63) is 82.8 Å². The van der Waals surface area contributed by atoms with Gasteiger partial charge in [0.15, 0.2) is 0 Å². The quantitative estimate of drug-likeness (QED) is 0.464. The van der Waals surface area contributed by atoms with Gasteiger partial charge in [-0.2, -0.15) is 5.26 Å². The Morgan fingerprint density at radius 3 is 2.29 bits per heavy atom. The van der Waals surface area contributed by atoms with Gasteiger partial charge in [0.05, 0.1) is 48.8 Å². The van der Waals surface area contributed by atoms with Gasteiger partial charge in [-0.15, -0.1) is 11.8 Å². The van der Waals surface area contributed by atoms with Crippen LogP contribution in [0.5, 0.6) is 0 Å². The van der Waals surface area contributed by atoms with Gasteiger partial charge >= 0.3 is 11.9 Å². The lowest BCUT2D eigenvalue weighted by molar-refractivity contribution is -0.139. The Morgan fingerprint density at radius 1 is 1.09 bits per heavy atom. The van der Waals surface area contributed by atoms with E-state index in [4.69, 9.17) is 15.2 Å². The number of para-hydroxylation sites is 1. The Balaban J connectivity index is 2.37.